The molecule has 6 nitrogen and oxygen atoms in total. The molecule has 0 aliphatic carbocycles. The highest BCUT2D eigenvalue weighted by atomic mass is 32.2. The molecule has 1 rings (SSSR count). The predicted octanol–water partition coefficient (Wildman–Crippen LogP) is -0.233. The van der Waals surface area contributed by atoms with Crippen LogP contribution in [0.2, 0.25) is 0 Å². The maximum absolute atomic E-state index is 11.1. The first-order valence-corrected chi connectivity index (χ1v) is 6.33. The van der Waals surface area contributed by atoms with Gasteiger partial charge in [-0.05, 0) is 19.3 Å². The van der Waals surface area contributed by atoms with Crippen molar-refractivity contribution < 1.29 is 18.3 Å². The molecule has 15 heavy (non-hydrogen) atoms. The van der Waals surface area contributed by atoms with Crippen molar-refractivity contribution in [1.29, 1.82) is 0 Å². The van der Waals surface area contributed by atoms with E-state index in [1.54, 1.807) is 6.92 Å². The molecule has 1 aliphatic rings. The lowest BCUT2D eigenvalue weighted by atomic mass is 9.78. The minimum Gasteiger partial charge on any atom is -0.481 e. The lowest BCUT2D eigenvalue weighted by Gasteiger charge is -2.37. The molecule has 1 unspecified atom stereocenters. The topological polar surface area (TPSA) is 101 Å². The number of hydrogen-bond acceptors (Lipinski definition) is 3. The van der Waals surface area contributed by atoms with Gasteiger partial charge in [-0.15, -0.1) is 0 Å². The largest absolute Gasteiger partial charge is 0.481 e. The molecule has 0 aromatic rings. The highest BCUT2D eigenvalue weighted by molar-refractivity contribution is 7.86. The van der Waals surface area contributed by atoms with Crippen LogP contribution in [0.25, 0.3) is 0 Å². The summed E-state index contributed by atoms with van der Waals surface area (Å²) in [5.74, 6) is -0.946. The number of rotatable bonds is 3. The number of carboxylic acid groups (broad SMARTS) is 1. The third-order valence-electron chi connectivity index (χ3n) is 3.03. The van der Waals surface area contributed by atoms with Gasteiger partial charge >= 0.3 is 5.97 Å². The fourth-order valence-corrected chi connectivity index (χ4v) is 2.73. The molecule has 0 aromatic carbocycles. The van der Waals surface area contributed by atoms with E-state index in [0.29, 0.717) is 25.8 Å². The first-order valence-electron chi connectivity index (χ1n) is 4.83. The van der Waals surface area contributed by atoms with E-state index >= 15 is 0 Å². The van der Waals surface area contributed by atoms with E-state index in [2.05, 4.69) is 0 Å². The van der Waals surface area contributed by atoms with E-state index in [-0.39, 0.29) is 6.54 Å². The first-order chi connectivity index (χ1) is 6.82. The van der Waals surface area contributed by atoms with E-state index in [1.807, 2.05) is 0 Å². The molecule has 0 saturated carbocycles. The van der Waals surface area contributed by atoms with Crippen molar-refractivity contribution in [3.63, 3.8) is 0 Å². The van der Waals surface area contributed by atoms with Gasteiger partial charge < -0.3 is 5.11 Å². The van der Waals surface area contributed by atoms with E-state index in [9.17, 15) is 13.2 Å². The van der Waals surface area contributed by atoms with Crippen LogP contribution < -0.4 is 5.14 Å². The molecule has 3 N–H and O–H groups in total. The summed E-state index contributed by atoms with van der Waals surface area (Å²) in [5.41, 5.74) is -0.968. The van der Waals surface area contributed by atoms with Crippen LogP contribution in [0, 0.1) is 5.41 Å². The molecule has 0 amide bonds. The van der Waals surface area contributed by atoms with Gasteiger partial charge in [-0.3, -0.25) is 4.79 Å². The zero-order valence-electron chi connectivity index (χ0n) is 8.64. The van der Waals surface area contributed by atoms with Gasteiger partial charge in [-0.1, -0.05) is 6.92 Å². The lowest BCUT2D eigenvalue weighted by molar-refractivity contribution is -0.151. The Morgan fingerprint density at radius 3 is 2.60 bits per heavy atom. The summed E-state index contributed by atoms with van der Waals surface area (Å²) in [6.45, 7) is 2.05. The molecule has 0 spiro atoms. The van der Waals surface area contributed by atoms with E-state index in [1.165, 1.54) is 0 Å². The normalized spacial score (nSPS) is 28.9. The van der Waals surface area contributed by atoms with E-state index in [0.717, 1.165) is 4.31 Å². The van der Waals surface area contributed by atoms with Crippen LogP contribution in [0.3, 0.4) is 0 Å². The molecular formula is C8H16N2O4S. The van der Waals surface area contributed by atoms with Crippen LogP contribution in [0.15, 0.2) is 0 Å². The zero-order chi connectivity index (χ0) is 11.7. The van der Waals surface area contributed by atoms with Gasteiger partial charge in [0.15, 0.2) is 0 Å². The number of nitrogens with two attached hydrogens (primary N) is 1. The van der Waals surface area contributed by atoms with Crippen LogP contribution in [0.5, 0.6) is 0 Å². The van der Waals surface area contributed by atoms with Crippen molar-refractivity contribution in [2.75, 3.05) is 13.1 Å². The average Bonchev–Trinajstić information content (AvgIpc) is 2.16. The second-order valence-electron chi connectivity index (χ2n) is 3.92. The summed E-state index contributed by atoms with van der Waals surface area (Å²) >= 11 is 0. The quantitative estimate of drug-likeness (QED) is 0.706. The number of carboxylic acids is 1. The number of aliphatic carboxylic acids is 1. The highest BCUT2D eigenvalue weighted by Crippen LogP contribution is 2.34. The summed E-state index contributed by atoms with van der Waals surface area (Å²) in [7, 11) is -3.77. The van der Waals surface area contributed by atoms with Crippen LogP contribution >= 0.6 is 0 Å². The van der Waals surface area contributed by atoms with Gasteiger partial charge in [0.25, 0.3) is 10.2 Å². The molecule has 0 radical (unpaired) electrons. The SMILES string of the molecule is CCC1(C(=O)O)CCCN(S(N)(=O)=O)C1. The van der Waals surface area contributed by atoms with Gasteiger partial charge in [-0.25, -0.2) is 5.14 Å². The van der Waals surface area contributed by atoms with Crippen molar-refractivity contribution in [2.45, 2.75) is 26.2 Å². The number of piperidine rings is 1. The Morgan fingerprint density at radius 1 is 1.60 bits per heavy atom. The Balaban J connectivity index is 2.92. The number of hydrogen-bond donors (Lipinski definition) is 2. The van der Waals surface area contributed by atoms with Crippen LogP contribution in [0.4, 0.5) is 0 Å². The third kappa shape index (κ3) is 2.47. The smallest absolute Gasteiger partial charge is 0.310 e. The summed E-state index contributed by atoms with van der Waals surface area (Å²) in [6.07, 6.45) is 1.45. The lowest BCUT2D eigenvalue weighted by Crippen LogP contribution is -2.51. The monoisotopic (exact) mass is 236 g/mol. The molecule has 88 valence electrons. The molecule has 1 saturated heterocycles. The van der Waals surface area contributed by atoms with E-state index in [4.69, 9.17) is 10.2 Å². The summed E-state index contributed by atoms with van der Waals surface area (Å²) in [5, 5.41) is 14.1. The predicted molar refractivity (Wildman–Crippen MR) is 54.3 cm³/mol. The van der Waals surface area contributed by atoms with Gasteiger partial charge in [0, 0.05) is 13.1 Å². The second kappa shape index (κ2) is 4.07. The molecule has 1 atom stereocenters. The summed E-state index contributed by atoms with van der Waals surface area (Å²) < 4.78 is 23.3. The van der Waals surface area contributed by atoms with Crippen molar-refractivity contribution >= 4 is 16.2 Å². The van der Waals surface area contributed by atoms with Crippen LogP contribution in [0.1, 0.15) is 26.2 Å². The van der Waals surface area contributed by atoms with Gasteiger partial charge in [-0.2, -0.15) is 12.7 Å². The number of nitrogens with zero attached hydrogens (tertiary/aromatic N) is 1. The zero-order valence-corrected chi connectivity index (χ0v) is 9.46. The molecule has 1 aliphatic heterocycles. The Hall–Kier alpha value is -0.660. The van der Waals surface area contributed by atoms with Crippen molar-refractivity contribution in [3.05, 3.63) is 0 Å². The minimum atomic E-state index is -3.77. The second-order valence-corrected chi connectivity index (χ2v) is 5.47. The fourth-order valence-electron chi connectivity index (χ4n) is 1.92. The van der Waals surface area contributed by atoms with E-state index < -0.39 is 21.6 Å². The maximum Gasteiger partial charge on any atom is 0.310 e. The van der Waals surface area contributed by atoms with Crippen LogP contribution in [-0.2, 0) is 15.0 Å². The molecule has 0 aromatic heterocycles. The standard InChI is InChI=1S/C8H16N2O4S/c1-2-8(7(11)12)4-3-5-10(6-8)15(9,13)14/h2-6H2,1H3,(H,11,12)(H2,9,13,14). The summed E-state index contributed by atoms with van der Waals surface area (Å²) in [6, 6.07) is 0. The molecule has 7 heteroatoms. The Kier molecular flexibility index (Phi) is 3.37. The molecular weight excluding hydrogens is 220 g/mol. The molecule has 1 fully saturated rings. The summed E-state index contributed by atoms with van der Waals surface area (Å²) in [4.78, 5) is 11.1. The van der Waals surface area contributed by atoms with Gasteiger partial charge in [0.1, 0.15) is 0 Å². The van der Waals surface area contributed by atoms with Gasteiger partial charge in [0.2, 0.25) is 0 Å². The van der Waals surface area contributed by atoms with Gasteiger partial charge in [0.05, 0.1) is 5.41 Å². The number of carbonyl (C=O) groups is 1. The Labute approximate surface area is 89.2 Å². The Morgan fingerprint density at radius 2 is 2.20 bits per heavy atom. The maximum atomic E-state index is 11.1. The van der Waals surface area contributed by atoms with Crippen molar-refractivity contribution in [3.8, 4) is 0 Å². The van der Waals surface area contributed by atoms with Crippen LogP contribution in [-0.4, -0.2) is 36.9 Å². The highest BCUT2D eigenvalue weighted by Gasteiger charge is 2.43. The average molecular weight is 236 g/mol. The Bertz CT molecular complexity index is 354. The minimum absolute atomic E-state index is 0.0162. The molecule has 0 bridgehead atoms. The third-order valence-corrected chi connectivity index (χ3v) is 4.06. The fraction of sp³-hybridized carbons (Fsp3) is 0.875. The van der Waals surface area contributed by atoms with Crippen molar-refractivity contribution in [2.24, 2.45) is 10.6 Å². The van der Waals surface area contributed by atoms with Crippen molar-refractivity contribution in [1.82, 2.24) is 4.31 Å². The first kappa shape index (κ1) is 12.4. The molecule has 1 heterocycles.